The number of amides is 1. The highest BCUT2D eigenvalue weighted by molar-refractivity contribution is 5.68. The van der Waals surface area contributed by atoms with Gasteiger partial charge in [0.05, 0.1) is 6.61 Å². The average molecular weight is 272 g/mol. The van der Waals surface area contributed by atoms with E-state index in [1.165, 1.54) is 0 Å². The lowest BCUT2D eigenvalue weighted by atomic mass is 10.1. The lowest BCUT2D eigenvalue weighted by Crippen LogP contribution is -2.41. The van der Waals surface area contributed by atoms with E-state index < -0.39 is 5.60 Å². The van der Waals surface area contributed by atoms with Crippen LogP contribution in [0.2, 0.25) is 0 Å². The largest absolute Gasteiger partial charge is 0.444 e. The van der Waals surface area contributed by atoms with Crippen molar-refractivity contribution in [2.45, 2.75) is 77.1 Å². The van der Waals surface area contributed by atoms with E-state index in [0.717, 1.165) is 25.7 Å². The number of hydrogen-bond donors (Lipinski definition) is 3. The molecule has 0 saturated heterocycles. The number of hydrogen-bond acceptors (Lipinski definition) is 4. The highest BCUT2D eigenvalue weighted by Gasteiger charge is 2.28. The van der Waals surface area contributed by atoms with Gasteiger partial charge in [0.2, 0.25) is 0 Å². The molecule has 0 heterocycles. The summed E-state index contributed by atoms with van der Waals surface area (Å²) in [6.07, 6.45) is 3.45. The van der Waals surface area contributed by atoms with E-state index in [9.17, 15) is 9.90 Å². The van der Waals surface area contributed by atoms with Crippen LogP contribution in [0.3, 0.4) is 0 Å². The minimum absolute atomic E-state index is 0.158. The summed E-state index contributed by atoms with van der Waals surface area (Å²) in [6, 6.07) is 0.700. The van der Waals surface area contributed by atoms with Crippen molar-refractivity contribution in [3.63, 3.8) is 0 Å². The average Bonchev–Trinajstić information content (AvgIpc) is 2.70. The van der Waals surface area contributed by atoms with Crippen LogP contribution in [0.5, 0.6) is 0 Å². The van der Waals surface area contributed by atoms with Crippen LogP contribution in [0, 0.1) is 0 Å². The molecule has 0 aliphatic heterocycles. The van der Waals surface area contributed by atoms with Gasteiger partial charge >= 0.3 is 6.09 Å². The van der Waals surface area contributed by atoms with E-state index >= 15 is 0 Å². The fourth-order valence-electron chi connectivity index (χ4n) is 2.37. The Kier molecular flexibility index (Phi) is 6.07. The highest BCUT2D eigenvalue weighted by atomic mass is 16.6. The third kappa shape index (κ3) is 6.25. The maximum Gasteiger partial charge on any atom is 0.407 e. The summed E-state index contributed by atoms with van der Waals surface area (Å²) >= 11 is 0. The number of carbonyl (C=O) groups excluding carboxylic acids is 1. The molecule has 1 aliphatic carbocycles. The lowest BCUT2D eigenvalue weighted by molar-refractivity contribution is 0.0505. The van der Waals surface area contributed by atoms with Crippen LogP contribution in [-0.4, -0.2) is 41.5 Å². The molecule has 2 unspecified atom stereocenters. The van der Waals surface area contributed by atoms with Crippen molar-refractivity contribution in [3.05, 3.63) is 0 Å². The summed E-state index contributed by atoms with van der Waals surface area (Å²) in [5.74, 6) is 0. The number of rotatable bonds is 5. The first kappa shape index (κ1) is 16.2. The molecule has 1 saturated carbocycles. The molecule has 0 aromatic heterocycles. The Morgan fingerprint density at radius 3 is 2.53 bits per heavy atom. The van der Waals surface area contributed by atoms with Gasteiger partial charge < -0.3 is 20.5 Å². The first-order valence-corrected chi connectivity index (χ1v) is 7.20. The Labute approximate surface area is 116 Å². The normalized spacial score (nSPS) is 25.1. The monoisotopic (exact) mass is 272 g/mol. The van der Waals surface area contributed by atoms with Gasteiger partial charge in [-0.2, -0.15) is 0 Å². The SMILES string of the molecule is CC[C@@H](CO)NC1CCC(NC(=O)OC(C)(C)C)C1. The van der Waals surface area contributed by atoms with E-state index in [1.807, 2.05) is 20.8 Å². The van der Waals surface area contributed by atoms with Crippen LogP contribution in [0.4, 0.5) is 4.79 Å². The maximum absolute atomic E-state index is 11.7. The van der Waals surface area contributed by atoms with Crippen molar-refractivity contribution in [2.24, 2.45) is 0 Å². The Morgan fingerprint density at radius 1 is 1.37 bits per heavy atom. The molecular weight excluding hydrogens is 244 g/mol. The molecule has 1 fully saturated rings. The molecule has 1 rings (SSSR count). The summed E-state index contributed by atoms with van der Waals surface area (Å²) in [6.45, 7) is 7.80. The van der Waals surface area contributed by atoms with Gasteiger partial charge in [0.25, 0.3) is 0 Å². The molecule has 0 aromatic rings. The highest BCUT2D eigenvalue weighted by Crippen LogP contribution is 2.20. The Bertz CT molecular complexity index is 285. The number of aliphatic hydroxyl groups excluding tert-OH is 1. The molecule has 0 aromatic carbocycles. The summed E-state index contributed by atoms with van der Waals surface area (Å²) in [4.78, 5) is 11.7. The van der Waals surface area contributed by atoms with Gasteiger partial charge in [-0.3, -0.25) is 0 Å². The van der Waals surface area contributed by atoms with Crippen LogP contribution < -0.4 is 10.6 Å². The van der Waals surface area contributed by atoms with Crippen LogP contribution >= 0.6 is 0 Å². The zero-order valence-corrected chi connectivity index (χ0v) is 12.5. The predicted molar refractivity (Wildman–Crippen MR) is 75.1 cm³/mol. The van der Waals surface area contributed by atoms with Gasteiger partial charge in [0.15, 0.2) is 0 Å². The molecule has 1 amide bonds. The molecule has 3 atom stereocenters. The van der Waals surface area contributed by atoms with E-state index in [2.05, 4.69) is 17.6 Å². The van der Waals surface area contributed by atoms with E-state index in [1.54, 1.807) is 0 Å². The molecule has 5 nitrogen and oxygen atoms in total. The lowest BCUT2D eigenvalue weighted by Gasteiger charge is -2.22. The third-order valence-electron chi connectivity index (χ3n) is 3.34. The van der Waals surface area contributed by atoms with Gasteiger partial charge in [0, 0.05) is 18.1 Å². The van der Waals surface area contributed by atoms with Gasteiger partial charge in [-0.25, -0.2) is 4.79 Å². The van der Waals surface area contributed by atoms with Gasteiger partial charge in [0.1, 0.15) is 5.60 Å². The molecule has 0 radical (unpaired) electrons. The fraction of sp³-hybridized carbons (Fsp3) is 0.929. The first-order valence-electron chi connectivity index (χ1n) is 7.20. The van der Waals surface area contributed by atoms with Crippen molar-refractivity contribution in [1.82, 2.24) is 10.6 Å². The fourth-order valence-corrected chi connectivity index (χ4v) is 2.37. The Balaban J connectivity index is 2.30. The molecule has 1 aliphatic rings. The molecule has 5 heteroatoms. The summed E-state index contributed by atoms with van der Waals surface area (Å²) < 4.78 is 5.25. The van der Waals surface area contributed by atoms with Crippen molar-refractivity contribution < 1.29 is 14.6 Å². The molecule has 0 spiro atoms. The van der Waals surface area contributed by atoms with Crippen molar-refractivity contribution in [1.29, 1.82) is 0 Å². The topological polar surface area (TPSA) is 70.6 Å². The standard InChI is InChI=1S/C14H28N2O3/c1-5-10(9-17)15-11-6-7-12(8-11)16-13(18)19-14(2,3)4/h10-12,15,17H,5-9H2,1-4H3,(H,16,18)/t10-,11?,12?/m0/s1. The zero-order chi connectivity index (χ0) is 14.5. The zero-order valence-electron chi connectivity index (χ0n) is 12.5. The second-order valence-corrected chi connectivity index (χ2v) is 6.31. The van der Waals surface area contributed by atoms with Crippen LogP contribution in [-0.2, 0) is 4.74 Å². The van der Waals surface area contributed by atoms with Gasteiger partial charge in [-0.15, -0.1) is 0 Å². The number of nitrogens with one attached hydrogen (secondary N) is 2. The summed E-state index contributed by atoms with van der Waals surface area (Å²) in [5, 5.41) is 15.5. The van der Waals surface area contributed by atoms with Crippen molar-refractivity contribution in [2.75, 3.05) is 6.61 Å². The van der Waals surface area contributed by atoms with Gasteiger partial charge in [-0.1, -0.05) is 6.92 Å². The van der Waals surface area contributed by atoms with E-state index in [-0.39, 0.29) is 24.8 Å². The Morgan fingerprint density at radius 2 is 2.00 bits per heavy atom. The smallest absolute Gasteiger partial charge is 0.407 e. The van der Waals surface area contributed by atoms with Crippen molar-refractivity contribution in [3.8, 4) is 0 Å². The van der Waals surface area contributed by atoms with E-state index in [4.69, 9.17) is 4.74 Å². The van der Waals surface area contributed by atoms with E-state index in [0.29, 0.717) is 6.04 Å². The quantitative estimate of drug-likeness (QED) is 0.713. The van der Waals surface area contributed by atoms with Crippen LogP contribution in [0.1, 0.15) is 53.4 Å². The second-order valence-electron chi connectivity index (χ2n) is 6.31. The van der Waals surface area contributed by atoms with Crippen LogP contribution in [0.25, 0.3) is 0 Å². The summed E-state index contributed by atoms with van der Waals surface area (Å²) in [7, 11) is 0. The number of alkyl carbamates (subject to hydrolysis) is 1. The first-order chi connectivity index (χ1) is 8.84. The molecule has 3 N–H and O–H groups in total. The summed E-state index contributed by atoms with van der Waals surface area (Å²) in [5.41, 5.74) is -0.454. The number of carbonyl (C=O) groups is 1. The molecule has 19 heavy (non-hydrogen) atoms. The number of ether oxygens (including phenoxy) is 1. The Hall–Kier alpha value is -0.810. The molecule has 0 bridgehead atoms. The molecular formula is C14H28N2O3. The molecule has 112 valence electrons. The van der Waals surface area contributed by atoms with Crippen molar-refractivity contribution >= 4 is 6.09 Å². The maximum atomic E-state index is 11.7. The predicted octanol–water partition coefficient (Wildman–Crippen LogP) is 1.79. The third-order valence-corrected chi connectivity index (χ3v) is 3.34. The number of aliphatic hydroxyl groups is 1. The van der Waals surface area contributed by atoms with Crippen LogP contribution in [0.15, 0.2) is 0 Å². The minimum atomic E-state index is -0.454. The second kappa shape index (κ2) is 7.10. The van der Waals surface area contributed by atoms with Gasteiger partial charge in [-0.05, 0) is 46.5 Å². The minimum Gasteiger partial charge on any atom is -0.444 e.